The van der Waals surface area contributed by atoms with Gasteiger partial charge in [-0.15, -0.1) is 6.42 Å². The van der Waals surface area contributed by atoms with E-state index in [0.717, 1.165) is 21.7 Å². The van der Waals surface area contributed by atoms with Crippen molar-refractivity contribution in [2.75, 3.05) is 0 Å². The minimum atomic E-state index is -3.01. The molecular formula is C22H19OP. The first-order valence-corrected chi connectivity index (χ1v) is 9.67. The van der Waals surface area contributed by atoms with Crippen molar-refractivity contribution in [3.05, 3.63) is 96.1 Å². The molecule has 0 aliphatic heterocycles. The Bertz CT molecular complexity index is 864. The lowest BCUT2D eigenvalue weighted by Gasteiger charge is -2.26. The van der Waals surface area contributed by atoms with E-state index >= 15 is 0 Å². The first-order chi connectivity index (χ1) is 11.7. The number of benzene rings is 3. The van der Waals surface area contributed by atoms with Crippen molar-refractivity contribution >= 4 is 17.8 Å². The fourth-order valence-electron chi connectivity index (χ4n) is 3.00. The van der Waals surface area contributed by atoms with Gasteiger partial charge in [-0.1, -0.05) is 96.4 Å². The van der Waals surface area contributed by atoms with Crippen LogP contribution in [0.5, 0.6) is 0 Å². The standard InChI is InChI=1S/C22H19OP/c1-3-22(19-12-10-11-18(2)17-19)24(23,20-13-6-4-7-14-20)21-15-8-5-9-16-21/h1,4-17,22H,2H3. The van der Waals surface area contributed by atoms with E-state index < -0.39 is 12.8 Å². The highest BCUT2D eigenvalue weighted by Gasteiger charge is 2.36. The summed E-state index contributed by atoms with van der Waals surface area (Å²) in [5.41, 5.74) is 1.55. The molecule has 1 nitrogen and oxygen atoms in total. The average molecular weight is 330 g/mol. The van der Waals surface area contributed by atoms with Crippen molar-refractivity contribution < 1.29 is 4.57 Å². The third kappa shape index (κ3) is 2.94. The summed E-state index contributed by atoms with van der Waals surface area (Å²) in [6.07, 6.45) is 5.89. The summed E-state index contributed by atoms with van der Waals surface area (Å²) >= 11 is 0. The van der Waals surface area contributed by atoms with Crippen LogP contribution in [0.15, 0.2) is 84.9 Å². The molecule has 1 unspecified atom stereocenters. The number of hydrogen-bond donors (Lipinski definition) is 0. The molecule has 0 aromatic heterocycles. The maximum absolute atomic E-state index is 14.3. The van der Waals surface area contributed by atoms with Gasteiger partial charge in [0.15, 0.2) is 7.14 Å². The molecule has 0 bridgehead atoms. The molecule has 0 fully saturated rings. The summed E-state index contributed by atoms with van der Waals surface area (Å²) < 4.78 is 14.3. The van der Waals surface area contributed by atoms with E-state index in [-0.39, 0.29) is 0 Å². The van der Waals surface area contributed by atoms with E-state index in [9.17, 15) is 4.57 Å². The van der Waals surface area contributed by atoms with E-state index in [1.165, 1.54) is 0 Å². The van der Waals surface area contributed by atoms with Gasteiger partial charge in [0.2, 0.25) is 0 Å². The van der Waals surface area contributed by atoms with Gasteiger partial charge < -0.3 is 4.57 Å². The second-order valence-corrected chi connectivity index (χ2v) is 8.68. The van der Waals surface area contributed by atoms with E-state index in [1.54, 1.807) is 0 Å². The van der Waals surface area contributed by atoms with Crippen LogP contribution in [-0.4, -0.2) is 0 Å². The Kier molecular flexibility index (Phi) is 4.70. The van der Waals surface area contributed by atoms with Crippen molar-refractivity contribution in [3.8, 4) is 12.3 Å². The Labute approximate surface area is 143 Å². The van der Waals surface area contributed by atoms with Gasteiger partial charge >= 0.3 is 0 Å². The van der Waals surface area contributed by atoms with Crippen LogP contribution >= 0.6 is 7.14 Å². The van der Waals surface area contributed by atoms with Crippen LogP contribution in [0, 0.1) is 19.3 Å². The monoisotopic (exact) mass is 330 g/mol. The zero-order valence-electron chi connectivity index (χ0n) is 13.6. The smallest absolute Gasteiger partial charge is 0.161 e. The maximum atomic E-state index is 14.3. The highest BCUT2D eigenvalue weighted by atomic mass is 31.2. The van der Waals surface area contributed by atoms with Crippen molar-refractivity contribution in [2.45, 2.75) is 12.6 Å². The van der Waals surface area contributed by atoms with Crippen LogP contribution in [0.3, 0.4) is 0 Å². The Balaban J connectivity index is 2.26. The Morgan fingerprint density at radius 1 is 0.833 bits per heavy atom. The zero-order valence-corrected chi connectivity index (χ0v) is 14.5. The fraction of sp³-hybridized carbons (Fsp3) is 0.0909. The molecule has 3 rings (SSSR count). The van der Waals surface area contributed by atoms with Gasteiger partial charge in [-0.05, 0) is 12.5 Å². The van der Waals surface area contributed by atoms with Crippen molar-refractivity contribution in [2.24, 2.45) is 0 Å². The number of aryl methyl sites for hydroxylation is 1. The van der Waals surface area contributed by atoms with Crippen LogP contribution in [0.1, 0.15) is 16.8 Å². The molecule has 24 heavy (non-hydrogen) atoms. The second kappa shape index (κ2) is 6.91. The zero-order chi connectivity index (χ0) is 17.0. The van der Waals surface area contributed by atoms with E-state index in [4.69, 9.17) is 6.42 Å². The molecule has 0 saturated carbocycles. The molecule has 0 N–H and O–H groups in total. The molecule has 1 atom stereocenters. The average Bonchev–Trinajstić information content (AvgIpc) is 2.64. The van der Waals surface area contributed by atoms with E-state index in [2.05, 4.69) is 5.92 Å². The van der Waals surface area contributed by atoms with Gasteiger partial charge in [0.1, 0.15) is 5.66 Å². The molecule has 118 valence electrons. The first-order valence-electron chi connectivity index (χ1n) is 7.90. The van der Waals surface area contributed by atoms with Gasteiger partial charge in [0, 0.05) is 10.6 Å². The molecule has 3 aromatic rings. The maximum Gasteiger partial charge on any atom is 0.161 e. The van der Waals surface area contributed by atoms with Gasteiger partial charge in [-0.2, -0.15) is 0 Å². The minimum Gasteiger partial charge on any atom is -0.312 e. The summed E-state index contributed by atoms with van der Waals surface area (Å²) in [4.78, 5) is 0. The molecule has 0 aliphatic rings. The first kappa shape index (κ1) is 16.3. The van der Waals surface area contributed by atoms with Crippen LogP contribution < -0.4 is 10.6 Å². The van der Waals surface area contributed by atoms with Crippen molar-refractivity contribution in [1.29, 1.82) is 0 Å². The quantitative estimate of drug-likeness (QED) is 0.501. The highest BCUT2D eigenvalue weighted by molar-refractivity contribution is 7.79. The third-order valence-electron chi connectivity index (χ3n) is 4.16. The Hall–Kier alpha value is -2.55. The molecule has 0 aliphatic carbocycles. The van der Waals surface area contributed by atoms with E-state index in [1.807, 2.05) is 91.9 Å². The van der Waals surface area contributed by atoms with Gasteiger partial charge in [-0.3, -0.25) is 0 Å². The van der Waals surface area contributed by atoms with Gasteiger partial charge in [0.25, 0.3) is 0 Å². The van der Waals surface area contributed by atoms with Crippen molar-refractivity contribution in [3.63, 3.8) is 0 Å². The summed E-state index contributed by atoms with van der Waals surface area (Å²) in [5.74, 6) is 2.82. The Morgan fingerprint density at radius 2 is 1.38 bits per heavy atom. The summed E-state index contributed by atoms with van der Waals surface area (Å²) in [7, 11) is -3.01. The molecule has 2 heteroatoms. The second-order valence-electron chi connectivity index (χ2n) is 5.81. The number of terminal acetylenes is 1. The predicted octanol–water partition coefficient (Wildman–Crippen LogP) is 4.68. The molecular weight excluding hydrogens is 311 g/mol. The van der Waals surface area contributed by atoms with Gasteiger partial charge in [0.05, 0.1) is 0 Å². The van der Waals surface area contributed by atoms with Gasteiger partial charge in [-0.25, -0.2) is 0 Å². The Morgan fingerprint density at radius 3 is 1.83 bits per heavy atom. The lowest BCUT2D eigenvalue weighted by atomic mass is 10.1. The number of hydrogen-bond acceptors (Lipinski definition) is 1. The molecule has 3 aromatic carbocycles. The fourth-order valence-corrected chi connectivity index (χ4v) is 5.91. The minimum absolute atomic E-state index is 0.484. The van der Waals surface area contributed by atoms with Crippen LogP contribution in [-0.2, 0) is 4.57 Å². The highest BCUT2D eigenvalue weighted by Crippen LogP contribution is 2.56. The molecule has 0 heterocycles. The topological polar surface area (TPSA) is 17.1 Å². The van der Waals surface area contributed by atoms with Crippen molar-refractivity contribution in [1.82, 2.24) is 0 Å². The predicted molar refractivity (Wildman–Crippen MR) is 103 cm³/mol. The summed E-state index contributed by atoms with van der Waals surface area (Å²) in [6, 6.07) is 27.1. The summed E-state index contributed by atoms with van der Waals surface area (Å²) in [6.45, 7) is 2.02. The molecule has 0 saturated heterocycles. The largest absolute Gasteiger partial charge is 0.312 e. The van der Waals surface area contributed by atoms with E-state index in [0.29, 0.717) is 0 Å². The van der Waals surface area contributed by atoms with Crippen LogP contribution in [0.4, 0.5) is 0 Å². The SMILES string of the molecule is C#CC(c1cccc(C)c1)P(=O)(c1ccccc1)c1ccccc1. The summed E-state index contributed by atoms with van der Waals surface area (Å²) in [5, 5.41) is 1.58. The molecule has 0 spiro atoms. The normalized spacial score (nSPS) is 12.3. The lowest BCUT2D eigenvalue weighted by molar-refractivity contribution is 0.584. The lowest BCUT2D eigenvalue weighted by Crippen LogP contribution is -2.20. The van der Waals surface area contributed by atoms with Crippen LogP contribution in [0.25, 0.3) is 0 Å². The third-order valence-corrected chi connectivity index (χ3v) is 7.46. The number of rotatable bonds is 4. The molecule has 0 radical (unpaired) electrons. The molecule has 0 amide bonds. The van der Waals surface area contributed by atoms with Crippen LogP contribution in [0.2, 0.25) is 0 Å².